The molecule has 3 rings (SSSR count). The van der Waals surface area contributed by atoms with Crippen LogP contribution in [0.1, 0.15) is 36.7 Å². The first-order valence-electron chi connectivity index (χ1n) is 8.15. The number of nitrogens with one attached hydrogen (secondary N) is 2. The summed E-state index contributed by atoms with van der Waals surface area (Å²) < 4.78 is 0. The molecule has 0 bridgehead atoms. The molecule has 0 aliphatic heterocycles. The van der Waals surface area contributed by atoms with Gasteiger partial charge in [0.15, 0.2) is 0 Å². The normalized spacial score (nSPS) is 16.8. The minimum Gasteiger partial charge on any atom is -0.396 e. The van der Waals surface area contributed by atoms with Crippen molar-refractivity contribution in [3.63, 3.8) is 0 Å². The molecule has 0 radical (unpaired) electrons. The van der Waals surface area contributed by atoms with Crippen LogP contribution in [-0.4, -0.2) is 27.7 Å². The van der Waals surface area contributed by atoms with E-state index < -0.39 is 0 Å². The van der Waals surface area contributed by atoms with Crippen LogP contribution < -0.4 is 10.6 Å². The van der Waals surface area contributed by atoms with E-state index in [4.69, 9.17) is 0 Å². The topological polar surface area (TPSA) is 87.1 Å². The Bertz CT molecular complexity index is 678. The first-order valence-corrected chi connectivity index (χ1v) is 8.15. The number of aromatic nitrogens is 2. The SMILES string of the molecule is Cc1ncc(NC(=O)N[C@@H](c2ccccc2)C2(CO)CCC2)cn1. The van der Waals surface area contributed by atoms with Crippen LogP contribution >= 0.6 is 0 Å². The lowest BCUT2D eigenvalue weighted by Gasteiger charge is -2.46. The van der Waals surface area contributed by atoms with E-state index in [-0.39, 0.29) is 24.1 Å². The number of aliphatic hydroxyl groups is 1. The number of nitrogens with zero attached hydrogens (tertiary/aromatic N) is 2. The van der Waals surface area contributed by atoms with Gasteiger partial charge in [0, 0.05) is 5.41 Å². The average molecular weight is 326 g/mol. The first-order chi connectivity index (χ1) is 11.6. The molecular weight excluding hydrogens is 304 g/mol. The van der Waals surface area contributed by atoms with E-state index in [1.807, 2.05) is 30.3 Å². The van der Waals surface area contributed by atoms with Gasteiger partial charge >= 0.3 is 6.03 Å². The predicted molar refractivity (Wildman–Crippen MR) is 91.5 cm³/mol. The van der Waals surface area contributed by atoms with E-state index in [1.165, 1.54) is 0 Å². The van der Waals surface area contributed by atoms with Crippen LogP contribution in [0, 0.1) is 12.3 Å². The van der Waals surface area contributed by atoms with Crippen molar-refractivity contribution in [1.29, 1.82) is 0 Å². The number of hydrogen-bond donors (Lipinski definition) is 3. The third kappa shape index (κ3) is 3.38. The van der Waals surface area contributed by atoms with Gasteiger partial charge in [-0.1, -0.05) is 36.8 Å². The highest BCUT2D eigenvalue weighted by molar-refractivity contribution is 5.89. The van der Waals surface area contributed by atoms with Crippen LogP contribution in [0.15, 0.2) is 42.7 Å². The van der Waals surface area contributed by atoms with E-state index in [1.54, 1.807) is 19.3 Å². The van der Waals surface area contributed by atoms with E-state index >= 15 is 0 Å². The van der Waals surface area contributed by atoms with Gasteiger partial charge in [-0.2, -0.15) is 0 Å². The Morgan fingerprint density at radius 1 is 1.25 bits per heavy atom. The molecule has 1 heterocycles. The molecule has 24 heavy (non-hydrogen) atoms. The summed E-state index contributed by atoms with van der Waals surface area (Å²) in [5.74, 6) is 0.650. The minimum absolute atomic E-state index is 0.0560. The number of hydrogen-bond acceptors (Lipinski definition) is 4. The van der Waals surface area contributed by atoms with Crippen molar-refractivity contribution in [3.05, 3.63) is 54.1 Å². The van der Waals surface area contributed by atoms with Crippen molar-refractivity contribution >= 4 is 11.7 Å². The Morgan fingerprint density at radius 3 is 2.46 bits per heavy atom. The molecule has 126 valence electrons. The molecule has 1 saturated carbocycles. The van der Waals surface area contributed by atoms with Gasteiger partial charge in [0.05, 0.1) is 30.7 Å². The standard InChI is InChI=1S/C18H22N4O2/c1-13-19-10-15(11-20-13)21-17(24)22-16(14-6-3-2-4-7-14)18(12-23)8-5-9-18/h2-4,6-7,10-11,16,23H,5,8-9,12H2,1H3,(H2,21,22,24)/t16-/m0/s1. The highest BCUT2D eigenvalue weighted by atomic mass is 16.3. The number of aryl methyl sites for hydroxylation is 1. The second kappa shape index (κ2) is 6.97. The smallest absolute Gasteiger partial charge is 0.319 e. The zero-order valence-corrected chi connectivity index (χ0v) is 13.7. The number of rotatable bonds is 5. The molecule has 1 atom stereocenters. The molecule has 6 heteroatoms. The summed E-state index contributed by atoms with van der Waals surface area (Å²) in [5.41, 5.74) is 1.25. The van der Waals surface area contributed by atoms with Crippen molar-refractivity contribution in [1.82, 2.24) is 15.3 Å². The van der Waals surface area contributed by atoms with Gasteiger partial charge in [-0.15, -0.1) is 0 Å². The maximum atomic E-state index is 12.4. The highest BCUT2D eigenvalue weighted by Crippen LogP contribution is 2.49. The molecule has 1 aliphatic carbocycles. The van der Waals surface area contributed by atoms with Gasteiger partial charge in [-0.3, -0.25) is 0 Å². The van der Waals surface area contributed by atoms with Crippen molar-refractivity contribution in [2.75, 3.05) is 11.9 Å². The van der Waals surface area contributed by atoms with Crippen LogP contribution in [0.3, 0.4) is 0 Å². The monoisotopic (exact) mass is 326 g/mol. The average Bonchev–Trinajstić information content (AvgIpc) is 2.56. The Morgan fingerprint density at radius 2 is 1.92 bits per heavy atom. The summed E-state index contributed by atoms with van der Waals surface area (Å²) >= 11 is 0. The lowest BCUT2D eigenvalue weighted by Crippen LogP contribution is -2.48. The molecular formula is C18H22N4O2. The lowest BCUT2D eigenvalue weighted by atomic mass is 9.63. The highest BCUT2D eigenvalue weighted by Gasteiger charge is 2.45. The fraction of sp³-hybridized carbons (Fsp3) is 0.389. The van der Waals surface area contributed by atoms with E-state index in [2.05, 4.69) is 20.6 Å². The molecule has 0 unspecified atom stereocenters. The minimum atomic E-state index is -0.323. The largest absolute Gasteiger partial charge is 0.396 e. The van der Waals surface area contributed by atoms with E-state index in [0.717, 1.165) is 24.8 Å². The summed E-state index contributed by atoms with van der Waals surface area (Å²) in [6.07, 6.45) is 6.02. The van der Waals surface area contributed by atoms with Crippen molar-refractivity contribution in [2.45, 2.75) is 32.2 Å². The zero-order chi connectivity index (χ0) is 17.0. The van der Waals surface area contributed by atoms with Gasteiger partial charge < -0.3 is 15.7 Å². The quantitative estimate of drug-likeness (QED) is 0.788. The number of amides is 2. The molecule has 1 aromatic heterocycles. The second-order valence-electron chi connectivity index (χ2n) is 6.34. The molecule has 3 N–H and O–H groups in total. The van der Waals surface area contributed by atoms with E-state index in [0.29, 0.717) is 11.5 Å². The first kappa shape index (κ1) is 16.4. The van der Waals surface area contributed by atoms with Gasteiger partial charge in [-0.25, -0.2) is 14.8 Å². The van der Waals surface area contributed by atoms with Crippen molar-refractivity contribution in [2.24, 2.45) is 5.41 Å². The summed E-state index contributed by atoms with van der Waals surface area (Å²) in [7, 11) is 0. The molecule has 1 fully saturated rings. The molecule has 6 nitrogen and oxygen atoms in total. The Balaban J connectivity index is 1.76. The van der Waals surface area contributed by atoms with E-state index in [9.17, 15) is 9.90 Å². The summed E-state index contributed by atoms with van der Waals surface area (Å²) in [4.78, 5) is 20.6. The zero-order valence-electron chi connectivity index (χ0n) is 13.7. The molecule has 2 amide bonds. The predicted octanol–water partition coefficient (Wildman–Crippen LogP) is 2.81. The molecule has 0 saturated heterocycles. The maximum absolute atomic E-state index is 12.4. The third-order valence-corrected chi connectivity index (χ3v) is 4.72. The van der Waals surface area contributed by atoms with Crippen LogP contribution in [0.4, 0.5) is 10.5 Å². The molecule has 1 aliphatic rings. The van der Waals surface area contributed by atoms with Crippen LogP contribution in [0.5, 0.6) is 0 Å². The van der Waals surface area contributed by atoms with Crippen LogP contribution in [0.2, 0.25) is 0 Å². The fourth-order valence-corrected chi connectivity index (χ4v) is 3.16. The molecule has 2 aromatic rings. The van der Waals surface area contributed by atoms with Crippen LogP contribution in [0.25, 0.3) is 0 Å². The Hall–Kier alpha value is -2.47. The van der Waals surface area contributed by atoms with Gasteiger partial charge in [0.2, 0.25) is 0 Å². The lowest BCUT2D eigenvalue weighted by molar-refractivity contribution is 0.00969. The summed E-state index contributed by atoms with van der Waals surface area (Å²) in [6.45, 7) is 1.84. The number of carbonyl (C=O) groups is 1. The molecule has 1 aromatic carbocycles. The van der Waals surface area contributed by atoms with Gasteiger partial charge in [0.25, 0.3) is 0 Å². The Labute approximate surface area is 141 Å². The number of carbonyl (C=O) groups excluding carboxylic acids is 1. The van der Waals surface area contributed by atoms with Crippen molar-refractivity contribution < 1.29 is 9.90 Å². The number of urea groups is 1. The second-order valence-corrected chi connectivity index (χ2v) is 6.34. The Kier molecular flexibility index (Phi) is 4.76. The fourth-order valence-electron chi connectivity index (χ4n) is 3.16. The summed E-state index contributed by atoms with van der Waals surface area (Å²) in [5, 5.41) is 15.7. The maximum Gasteiger partial charge on any atom is 0.319 e. The number of benzene rings is 1. The number of aliphatic hydroxyl groups excluding tert-OH is 1. The van der Waals surface area contributed by atoms with Gasteiger partial charge in [0.1, 0.15) is 5.82 Å². The molecule has 0 spiro atoms. The van der Waals surface area contributed by atoms with Crippen molar-refractivity contribution in [3.8, 4) is 0 Å². The summed E-state index contributed by atoms with van der Waals surface area (Å²) in [6, 6.07) is 9.24. The van der Waals surface area contributed by atoms with Crippen LogP contribution in [-0.2, 0) is 0 Å². The third-order valence-electron chi connectivity index (χ3n) is 4.72. The van der Waals surface area contributed by atoms with Gasteiger partial charge in [-0.05, 0) is 25.3 Å². The number of anilines is 1.